The molecule has 1 spiro atoms. The van der Waals surface area contributed by atoms with Crippen LogP contribution in [0.2, 0.25) is 0 Å². The van der Waals surface area contributed by atoms with Crippen molar-refractivity contribution >= 4 is 0 Å². The molecule has 0 amide bonds. The lowest BCUT2D eigenvalue weighted by molar-refractivity contribution is 0.0234. The molecule has 0 saturated heterocycles. The minimum Gasteiger partial charge on any atom is -0.388 e. The summed E-state index contributed by atoms with van der Waals surface area (Å²) in [6.45, 7) is 10.9. The molecule has 3 heteroatoms. The molecule has 2 fully saturated rings. The molecular formula is C31H42FNO. The van der Waals surface area contributed by atoms with Crippen molar-refractivity contribution in [3.63, 3.8) is 0 Å². The molecule has 1 heterocycles. The van der Waals surface area contributed by atoms with Gasteiger partial charge in [0, 0.05) is 22.5 Å². The Morgan fingerprint density at radius 1 is 1.00 bits per heavy atom. The second-order valence-electron chi connectivity index (χ2n) is 12.8. The Balaban J connectivity index is 1.67. The summed E-state index contributed by atoms with van der Waals surface area (Å²) in [5.74, 6) is 0.477. The number of nitrogens with zero attached hydrogens (tertiary/aromatic N) is 1. The molecule has 1 N–H and O–H groups in total. The van der Waals surface area contributed by atoms with Crippen molar-refractivity contribution in [3.8, 4) is 0 Å². The predicted molar refractivity (Wildman–Crippen MR) is 137 cm³/mol. The summed E-state index contributed by atoms with van der Waals surface area (Å²) in [5, 5.41) is 11.5. The summed E-state index contributed by atoms with van der Waals surface area (Å²) < 4.78 is 16.6. The Kier molecular flexibility index (Phi) is 6.16. The van der Waals surface area contributed by atoms with E-state index in [-0.39, 0.29) is 16.7 Å². The third kappa shape index (κ3) is 4.12. The maximum Gasteiger partial charge on any atom is 0.152 e. The van der Waals surface area contributed by atoms with Gasteiger partial charge in [-0.05, 0) is 77.9 Å². The first-order chi connectivity index (χ1) is 16.1. The van der Waals surface area contributed by atoms with Crippen LogP contribution < -0.4 is 0 Å². The highest BCUT2D eigenvalue weighted by atomic mass is 19.1. The summed E-state index contributed by atoms with van der Waals surface area (Å²) in [6.07, 6.45) is 8.24. The molecule has 34 heavy (non-hydrogen) atoms. The van der Waals surface area contributed by atoms with E-state index in [4.69, 9.17) is 4.98 Å². The lowest BCUT2D eigenvalue weighted by Gasteiger charge is -2.48. The maximum atomic E-state index is 16.6. The first-order valence-electron chi connectivity index (χ1n) is 13.6. The van der Waals surface area contributed by atoms with E-state index in [9.17, 15) is 5.11 Å². The largest absolute Gasteiger partial charge is 0.388 e. The van der Waals surface area contributed by atoms with Gasteiger partial charge in [-0.1, -0.05) is 78.1 Å². The fourth-order valence-corrected chi connectivity index (χ4v) is 6.89. The molecule has 0 unspecified atom stereocenters. The highest BCUT2D eigenvalue weighted by Crippen LogP contribution is 2.56. The van der Waals surface area contributed by atoms with Gasteiger partial charge in [0.1, 0.15) is 0 Å². The van der Waals surface area contributed by atoms with E-state index >= 15 is 4.39 Å². The van der Waals surface area contributed by atoms with Crippen LogP contribution in [0.15, 0.2) is 24.3 Å². The Labute approximate surface area is 205 Å². The Hall–Kier alpha value is -1.74. The first-order valence-corrected chi connectivity index (χ1v) is 13.6. The molecule has 184 valence electrons. The third-order valence-electron chi connectivity index (χ3n) is 8.97. The number of hydrogen-bond acceptors (Lipinski definition) is 2. The molecule has 0 radical (unpaired) electrons. The number of hydrogen-bond donors (Lipinski definition) is 1. The summed E-state index contributed by atoms with van der Waals surface area (Å²) in [6, 6.07) is 8.08. The standard InChI is InChI=1S/C31H42FNO/c1-19(2)29-27(28(32)21-11-13-22(14-12-21)30(3,4)5)25(20-9-6-7-10-20)26-23(33-29)17-31(15-8-16-31)18-24(26)34/h11-14,19-20,24,28,34H,6-10,15-18H2,1-5H3/t24-,28+/m0/s1. The smallest absolute Gasteiger partial charge is 0.152 e. The SMILES string of the molecule is CC(C)c1nc2c(c(C3CCCC3)c1[C@H](F)c1ccc(C(C)(C)C)cc1)[C@@H](O)CC1(CCC1)C2. The van der Waals surface area contributed by atoms with Crippen molar-refractivity contribution in [2.75, 3.05) is 0 Å². The number of aliphatic hydroxyl groups excluding tert-OH is 1. The second kappa shape index (κ2) is 8.73. The molecule has 2 atom stereocenters. The molecule has 1 aromatic heterocycles. The third-order valence-corrected chi connectivity index (χ3v) is 8.97. The summed E-state index contributed by atoms with van der Waals surface area (Å²) in [5.41, 5.74) is 7.06. The fourth-order valence-electron chi connectivity index (χ4n) is 6.89. The number of aliphatic hydroxyl groups is 1. The zero-order valence-corrected chi connectivity index (χ0v) is 21.8. The number of halogens is 1. The van der Waals surface area contributed by atoms with Crippen LogP contribution in [-0.2, 0) is 11.8 Å². The number of fused-ring (bicyclic) bond motifs is 1. The lowest BCUT2D eigenvalue weighted by Crippen LogP contribution is -2.39. The molecule has 2 aromatic rings. The molecule has 2 saturated carbocycles. The van der Waals surface area contributed by atoms with Crippen molar-refractivity contribution in [3.05, 3.63) is 63.5 Å². The van der Waals surface area contributed by atoms with E-state index in [1.807, 2.05) is 12.1 Å². The average Bonchev–Trinajstić information content (AvgIpc) is 3.30. The van der Waals surface area contributed by atoms with E-state index in [2.05, 4.69) is 46.8 Å². The van der Waals surface area contributed by atoms with Crippen LogP contribution in [0.1, 0.15) is 149 Å². The second-order valence-corrected chi connectivity index (χ2v) is 12.8. The van der Waals surface area contributed by atoms with Gasteiger partial charge in [-0.2, -0.15) is 0 Å². The highest BCUT2D eigenvalue weighted by molar-refractivity contribution is 5.51. The lowest BCUT2D eigenvalue weighted by atomic mass is 9.59. The van der Waals surface area contributed by atoms with Gasteiger partial charge in [0.15, 0.2) is 6.17 Å². The van der Waals surface area contributed by atoms with Crippen molar-refractivity contribution in [2.24, 2.45) is 5.41 Å². The van der Waals surface area contributed by atoms with E-state index in [0.29, 0.717) is 11.5 Å². The zero-order chi connectivity index (χ0) is 24.3. The van der Waals surface area contributed by atoms with Crippen LogP contribution >= 0.6 is 0 Å². The fraction of sp³-hybridized carbons (Fsp3) is 0.645. The number of aromatic nitrogens is 1. The average molecular weight is 464 g/mol. The Morgan fingerprint density at radius 2 is 1.65 bits per heavy atom. The van der Waals surface area contributed by atoms with Crippen LogP contribution in [0.4, 0.5) is 4.39 Å². The Bertz CT molecular complexity index is 1040. The summed E-state index contributed by atoms with van der Waals surface area (Å²) in [7, 11) is 0. The monoisotopic (exact) mass is 463 g/mol. The molecular weight excluding hydrogens is 421 g/mol. The predicted octanol–water partition coefficient (Wildman–Crippen LogP) is 8.37. The van der Waals surface area contributed by atoms with Crippen LogP contribution in [0, 0.1) is 5.41 Å². The molecule has 3 aliphatic rings. The van der Waals surface area contributed by atoms with Crippen LogP contribution in [-0.4, -0.2) is 10.1 Å². The maximum absolute atomic E-state index is 16.6. The van der Waals surface area contributed by atoms with Crippen LogP contribution in [0.25, 0.3) is 0 Å². The van der Waals surface area contributed by atoms with Gasteiger partial charge in [0.25, 0.3) is 0 Å². The highest BCUT2D eigenvalue weighted by Gasteiger charge is 2.46. The molecule has 5 rings (SSSR count). The molecule has 0 aliphatic heterocycles. The van der Waals surface area contributed by atoms with Crippen molar-refractivity contribution < 1.29 is 9.50 Å². The van der Waals surface area contributed by atoms with E-state index in [1.54, 1.807) is 0 Å². The van der Waals surface area contributed by atoms with E-state index in [1.165, 1.54) is 37.7 Å². The minimum atomic E-state index is -1.22. The van der Waals surface area contributed by atoms with Gasteiger partial charge in [-0.15, -0.1) is 0 Å². The minimum absolute atomic E-state index is 0.0391. The van der Waals surface area contributed by atoms with Crippen LogP contribution in [0.5, 0.6) is 0 Å². The van der Waals surface area contributed by atoms with Gasteiger partial charge < -0.3 is 5.11 Å². The first kappa shape index (κ1) is 24.0. The number of alkyl halides is 1. The van der Waals surface area contributed by atoms with Gasteiger partial charge in [-0.3, -0.25) is 4.98 Å². The normalized spacial score (nSPS) is 23.2. The van der Waals surface area contributed by atoms with E-state index in [0.717, 1.165) is 53.8 Å². The van der Waals surface area contributed by atoms with Crippen molar-refractivity contribution in [2.45, 2.75) is 122 Å². The number of rotatable bonds is 4. The molecule has 2 nitrogen and oxygen atoms in total. The molecule has 0 bridgehead atoms. The van der Waals surface area contributed by atoms with Crippen molar-refractivity contribution in [1.82, 2.24) is 4.98 Å². The zero-order valence-electron chi connectivity index (χ0n) is 21.8. The van der Waals surface area contributed by atoms with Crippen molar-refractivity contribution in [1.29, 1.82) is 0 Å². The van der Waals surface area contributed by atoms with Gasteiger partial charge in [-0.25, -0.2) is 4.39 Å². The summed E-state index contributed by atoms with van der Waals surface area (Å²) in [4.78, 5) is 5.18. The summed E-state index contributed by atoms with van der Waals surface area (Å²) >= 11 is 0. The molecule has 1 aromatic carbocycles. The van der Waals surface area contributed by atoms with Crippen LogP contribution in [0.3, 0.4) is 0 Å². The molecule has 3 aliphatic carbocycles. The van der Waals surface area contributed by atoms with Gasteiger partial charge in [0.2, 0.25) is 0 Å². The van der Waals surface area contributed by atoms with E-state index < -0.39 is 12.3 Å². The van der Waals surface area contributed by atoms with Gasteiger partial charge >= 0.3 is 0 Å². The topological polar surface area (TPSA) is 33.1 Å². The number of pyridine rings is 1. The Morgan fingerprint density at radius 3 is 2.18 bits per heavy atom. The number of benzene rings is 1. The van der Waals surface area contributed by atoms with Gasteiger partial charge in [0.05, 0.1) is 6.10 Å². The quantitative estimate of drug-likeness (QED) is 0.494.